The van der Waals surface area contributed by atoms with Crippen LogP contribution < -0.4 is 4.72 Å². The van der Waals surface area contributed by atoms with Crippen LogP contribution in [0.4, 0.5) is 0 Å². The van der Waals surface area contributed by atoms with Gasteiger partial charge in [-0.25, -0.2) is 0 Å². The number of hydrogen-bond donors (Lipinski definition) is 1. The first-order valence-corrected chi connectivity index (χ1v) is 6.24. The summed E-state index contributed by atoms with van der Waals surface area (Å²) in [7, 11) is 0. The first-order valence-electron chi connectivity index (χ1n) is 5.09. The Morgan fingerprint density at radius 1 is 1.38 bits per heavy atom. The van der Waals surface area contributed by atoms with Crippen molar-refractivity contribution in [3.8, 4) is 0 Å². The van der Waals surface area contributed by atoms with E-state index in [1.165, 1.54) is 19.3 Å². The molecule has 0 spiro atoms. The van der Waals surface area contributed by atoms with E-state index in [0.29, 0.717) is 6.04 Å². The zero-order valence-electron chi connectivity index (χ0n) is 9.09. The van der Waals surface area contributed by atoms with E-state index in [2.05, 4.69) is 11.6 Å². The van der Waals surface area contributed by atoms with Crippen molar-refractivity contribution >= 4 is 11.4 Å². The van der Waals surface area contributed by atoms with E-state index >= 15 is 0 Å². The van der Waals surface area contributed by atoms with E-state index in [4.69, 9.17) is 0 Å². The molecule has 0 bridgehead atoms. The second kappa shape index (κ2) is 4.20. The molecular weight excluding hydrogens is 182 g/mol. The van der Waals surface area contributed by atoms with Crippen LogP contribution in [0.3, 0.4) is 0 Å². The molecule has 0 heterocycles. The molecule has 0 amide bonds. The maximum atomic E-state index is 11.7. The van der Waals surface area contributed by atoms with Gasteiger partial charge in [0.2, 0.25) is 0 Å². The number of hydrogen-bond acceptors (Lipinski definition) is 2. The van der Waals surface area contributed by atoms with Crippen molar-refractivity contribution in [3.05, 3.63) is 0 Å². The molecule has 78 valence electrons. The van der Waals surface area contributed by atoms with Gasteiger partial charge in [-0.15, -0.1) is 4.72 Å². The van der Waals surface area contributed by atoms with Crippen molar-refractivity contribution in [2.24, 2.45) is 5.92 Å². The fourth-order valence-corrected chi connectivity index (χ4v) is 2.27. The predicted octanol–water partition coefficient (Wildman–Crippen LogP) is 2.23. The highest BCUT2D eigenvalue weighted by molar-refractivity contribution is 7.90. The van der Waals surface area contributed by atoms with Crippen molar-refractivity contribution in [1.82, 2.24) is 4.72 Å². The van der Waals surface area contributed by atoms with Gasteiger partial charge in [0, 0.05) is 11.4 Å². The summed E-state index contributed by atoms with van der Waals surface area (Å²) >= 11 is -0.906. The lowest BCUT2D eigenvalue weighted by atomic mass is 9.81. The minimum Gasteiger partial charge on any atom is -0.598 e. The highest BCUT2D eigenvalue weighted by Gasteiger charge is 2.32. The molecule has 0 saturated heterocycles. The van der Waals surface area contributed by atoms with Crippen molar-refractivity contribution in [3.63, 3.8) is 0 Å². The molecule has 1 fully saturated rings. The van der Waals surface area contributed by atoms with Gasteiger partial charge < -0.3 is 4.55 Å². The van der Waals surface area contributed by atoms with Crippen LogP contribution >= 0.6 is 0 Å². The lowest BCUT2D eigenvalue weighted by Crippen LogP contribution is -2.47. The predicted molar refractivity (Wildman–Crippen MR) is 57.8 cm³/mol. The topological polar surface area (TPSA) is 35.1 Å². The Morgan fingerprint density at radius 3 is 2.23 bits per heavy atom. The lowest BCUT2D eigenvalue weighted by Gasteiger charge is -2.34. The van der Waals surface area contributed by atoms with Crippen LogP contribution in [0.2, 0.25) is 0 Å². The maximum absolute atomic E-state index is 11.7. The van der Waals surface area contributed by atoms with Gasteiger partial charge in [0.25, 0.3) is 0 Å². The summed E-state index contributed by atoms with van der Waals surface area (Å²) in [5, 5.41) is 0. The monoisotopic (exact) mass is 203 g/mol. The van der Waals surface area contributed by atoms with E-state index in [0.717, 1.165) is 5.92 Å². The van der Waals surface area contributed by atoms with Crippen LogP contribution in [0.15, 0.2) is 0 Å². The molecule has 1 saturated carbocycles. The fourth-order valence-electron chi connectivity index (χ4n) is 1.38. The molecule has 0 radical (unpaired) electrons. The Morgan fingerprint density at radius 2 is 1.92 bits per heavy atom. The Bertz CT molecular complexity index is 163. The average Bonchev–Trinajstić information content (AvgIpc) is 1.79. The largest absolute Gasteiger partial charge is 0.598 e. The molecule has 0 aliphatic heterocycles. The van der Waals surface area contributed by atoms with Gasteiger partial charge in [0.1, 0.15) is 4.75 Å². The first-order chi connectivity index (χ1) is 5.91. The quantitative estimate of drug-likeness (QED) is 0.714. The van der Waals surface area contributed by atoms with Crippen LogP contribution in [-0.2, 0) is 11.4 Å². The number of rotatable bonds is 3. The SMILES string of the molecule is C[C@@H](N[S+]([O-])C(C)(C)C)C1CCC1. The van der Waals surface area contributed by atoms with E-state index in [1.807, 2.05) is 20.8 Å². The van der Waals surface area contributed by atoms with E-state index in [1.54, 1.807) is 0 Å². The Hall–Kier alpha value is 0.270. The molecule has 1 rings (SSSR count). The van der Waals surface area contributed by atoms with Gasteiger partial charge >= 0.3 is 0 Å². The normalized spacial score (nSPS) is 23.8. The fraction of sp³-hybridized carbons (Fsp3) is 1.00. The minimum atomic E-state index is -0.906. The molecule has 0 aromatic carbocycles. The smallest absolute Gasteiger partial charge is 0.136 e. The van der Waals surface area contributed by atoms with Gasteiger partial charge in [0.05, 0.1) is 6.04 Å². The molecular formula is C10H21NOS. The van der Waals surface area contributed by atoms with Crippen LogP contribution in [0.25, 0.3) is 0 Å². The third kappa shape index (κ3) is 3.15. The molecule has 1 aliphatic rings. The standard InChI is InChI=1S/C10H21NOS/c1-8(9-6-5-7-9)11-13(12)10(2,3)4/h8-9,11H,5-7H2,1-4H3/t8-,13?/m1/s1. The summed E-state index contributed by atoms with van der Waals surface area (Å²) in [6.45, 7) is 8.16. The van der Waals surface area contributed by atoms with Crippen LogP contribution in [0.5, 0.6) is 0 Å². The van der Waals surface area contributed by atoms with Crippen molar-refractivity contribution < 1.29 is 4.55 Å². The van der Waals surface area contributed by atoms with Crippen molar-refractivity contribution in [2.75, 3.05) is 0 Å². The third-order valence-corrected chi connectivity index (χ3v) is 4.40. The lowest BCUT2D eigenvalue weighted by molar-refractivity contribution is 0.259. The Balaban J connectivity index is 2.30. The van der Waals surface area contributed by atoms with E-state index in [9.17, 15) is 4.55 Å². The first kappa shape index (κ1) is 11.3. The van der Waals surface area contributed by atoms with E-state index in [-0.39, 0.29) is 4.75 Å². The summed E-state index contributed by atoms with van der Waals surface area (Å²) in [6.07, 6.45) is 3.95. The Kier molecular flexibility index (Phi) is 3.66. The van der Waals surface area contributed by atoms with Crippen LogP contribution in [0, 0.1) is 5.92 Å². The minimum absolute atomic E-state index is 0.141. The molecule has 1 aliphatic carbocycles. The second-order valence-electron chi connectivity index (χ2n) is 4.98. The summed E-state index contributed by atoms with van der Waals surface area (Å²) in [6, 6.07) is 0.411. The number of nitrogens with one attached hydrogen (secondary N) is 1. The third-order valence-electron chi connectivity index (χ3n) is 2.71. The van der Waals surface area contributed by atoms with Gasteiger partial charge in [-0.1, -0.05) is 6.42 Å². The summed E-state index contributed by atoms with van der Waals surface area (Å²) < 4.78 is 14.8. The molecule has 2 nitrogen and oxygen atoms in total. The summed E-state index contributed by atoms with van der Waals surface area (Å²) in [5.74, 6) is 0.756. The molecule has 13 heavy (non-hydrogen) atoms. The molecule has 1 unspecified atom stereocenters. The maximum Gasteiger partial charge on any atom is 0.136 e. The molecule has 1 N–H and O–H groups in total. The van der Waals surface area contributed by atoms with Crippen molar-refractivity contribution in [1.29, 1.82) is 0 Å². The zero-order valence-corrected chi connectivity index (χ0v) is 9.91. The van der Waals surface area contributed by atoms with Gasteiger partial charge in [-0.3, -0.25) is 0 Å². The van der Waals surface area contributed by atoms with Gasteiger partial charge in [0.15, 0.2) is 0 Å². The molecule has 0 aromatic rings. The second-order valence-corrected chi connectivity index (χ2v) is 6.98. The van der Waals surface area contributed by atoms with Gasteiger partial charge in [-0.05, 0) is 46.5 Å². The van der Waals surface area contributed by atoms with Crippen LogP contribution in [0.1, 0.15) is 47.0 Å². The average molecular weight is 203 g/mol. The van der Waals surface area contributed by atoms with Crippen molar-refractivity contribution in [2.45, 2.75) is 57.7 Å². The Labute approximate surface area is 84.8 Å². The van der Waals surface area contributed by atoms with Crippen LogP contribution in [-0.4, -0.2) is 15.3 Å². The molecule has 3 heteroatoms. The highest BCUT2D eigenvalue weighted by Crippen LogP contribution is 2.30. The summed E-state index contributed by atoms with van der Waals surface area (Å²) in [5.41, 5.74) is 0. The zero-order chi connectivity index (χ0) is 10.1. The summed E-state index contributed by atoms with van der Waals surface area (Å²) in [4.78, 5) is 0. The van der Waals surface area contributed by atoms with Gasteiger partial charge in [-0.2, -0.15) is 0 Å². The van der Waals surface area contributed by atoms with E-state index < -0.39 is 11.4 Å². The molecule has 2 atom stereocenters. The molecule has 0 aromatic heterocycles. The highest BCUT2D eigenvalue weighted by atomic mass is 32.2.